The summed E-state index contributed by atoms with van der Waals surface area (Å²) in [7, 11) is 1.79. The topological polar surface area (TPSA) is 9.23 Å². The van der Waals surface area contributed by atoms with Crippen LogP contribution in [-0.2, 0) is 4.74 Å². The van der Waals surface area contributed by atoms with E-state index in [-0.39, 0.29) is 11.0 Å². The van der Waals surface area contributed by atoms with Crippen LogP contribution in [0.3, 0.4) is 0 Å². The Morgan fingerprint density at radius 3 is 1.38 bits per heavy atom. The molecule has 1 atom stereocenters. The molecule has 0 aromatic carbocycles. The van der Waals surface area contributed by atoms with Crippen LogP contribution in [0.25, 0.3) is 0 Å². The maximum atomic E-state index is 5.67. The van der Waals surface area contributed by atoms with Gasteiger partial charge < -0.3 is 4.74 Å². The lowest BCUT2D eigenvalue weighted by molar-refractivity contribution is -0.0476. The molecule has 1 unspecified atom stereocenters. The zero-order chi connectivity index (χ0) is 10.9. The molecule has 0 radical (unpaired) electrons. The third-order valence-electron chi connectivity index (χ3n) is 3.31. The van der Waals surface area contributed by atoms with Gasteiger partial charge in [0.05, 0.1) is 5.60 Å². The number of rotatable bonds is 2. The summed E-state index contributed by atoms with van der Waals surface area (Å²) < 4.78 is 5.67. The van der Waals surface area contributed by atoms with E-state index < -0.39 is 0 Å². The van der Waals surface area contributed by atoms with Crippen LogP contribution in [-0.4, -0.2) is 12.7 Å². The van der Waals surface area contributed by atoms with Crippen molar-refractivity contribution in [2.75, 3.05) is 7.11 Å². The van der Waals surface area contributed by atoms with E-state index in [1.165, 1.54) is 11.1 Å². The Morgan fingerprint density at radius 1 is 0.923 bits per heavy atom. The Bertz CT molecular complexity index is 204. The molecule has 0 fully saturated rings. The highest BCUT2D eigenvalue weighted by atomic mass is 16.5. The first-order valence-electron chi connectivity index (χ1n) is 4.86. The fraction of sp³-hybridized carbons (Fsp3) is 0.833. The zero-order valence-corrected chi connectivity index (χ0v) is 10.4. The Morgan fingerprint density at radius 2 is 1.31 bits per heavy atom. The van der Waals surface area contributed by atoms with Gasteiger partial charge in [-0.15, -0.1) is 0 Å². The monoisotopic (exact) mass is 184 g/mol. The summed E-state index contributed by atoms with van der Waals surface area (Å²) in [6.07, 6.45) is 0. The molecule has 1 nitrogen and oxygen atoms in total. The van der Waals surface area contributed by atoms with Gasteiger partial charge in [0, 0.05) is 7.11 Å². The molecule has 0 heterocycles. The Balaban J connectivity index is 5.21. The van der Waals surface area contributed by atoms with E-state index in [1.54, 1.807) is 7.11 Å². The second-order valence-electron chi connectivity index (χ2n) is 5.11. The molecule has 0 aliphatic carbocycles. The van der Waals surface area contributed by atoms with Crippen LogP contribution in [0.2, 0.25) is 0 Å². The number of allylic oxidation sites excluding steroid dienone is 1. The first-order chi connectivity index (χ1) is 5.66. The first-order valence-corrected chi connectivity index (χ1v) is 4.86. The van der Waals surface area contributed by atoms with Gasteiger partial charge in [0.15, 0.2) is 0 Å². The third kappa shape index (κ3) is 2.34. The molecule has 0 saturated carbocycles. The van der Waals surface area contributed by atoms with Gasteiger partial charge in [0.25, 0.3) is 0 Å². The van der Waals surface area contributed by atoms with Crippen molar-refractivity contribution in [2.24, 2.45) is 5.41 Å². The van der Waals surface area contributed by atoms with Gasteiger partial charge in [0.1, 0.15) is 0 Å². The summed E-state index contributed by atoms with van der Waals surface area (Å²) >= 11 is 0. The molecule has 1 heteroatoms. The molecule has 0 N–H and O–H groups in total. The van der Waals surface area contributed by atoms with Crippen molar-refractivity contribution in [3.63, 3.8) is 0 Å². The van der Waals surface area contributed by atoms with E-state index in [1.807, 2.05) is 0 Å². The van der Waals surface area contributed by atoms with E-state index in [2.05, 4.69) is 48.5 Å². The lowest BCUT2D eigenvalue weighted by Gasteiger charge is -2.42. The first kappa shape index (κ1) is 12.7. The van der Waals surface area contributed by atoms with Gasteiger partial charge >= 0.3 is 0 Å². The van der Waals surface area contributed by atoms with Gasteiger partial charge in [-0.05, 0) is 38.7 Å². The van der Waals surface area contributed by atoms with Crippen LogP contribution in [0.4, 0.5) is 0 Å². The summed E-state index contributed by atoms with van der Waals surface area (Å²) in [6, 6.07) is 0. The molecular formula is C12H24O. The second kappa shape index (κ2) is 3.83. The highest BCUT2D eigenvalue weighted by Gasteiger charge is 2.39. The normalized spacial score (nSPS) is 16.6. The predicted molar refractivity (Wildman–Crippen MR) is 58.9 cm³/mol. The van der Waals surface area contributed by atoms with Crippen LogP contribution in [0.15, 0.2) is 11.1 Å². The van der Waals surface area contributed by atoms with Gasteiger partial charge in [-0.2, -0.15) is 0 Å². The molecule has 0 spiro atoms. The molecule has 0 rings (SSSR count). The average Bonchev–Trinajstić information content (AvgIpc) is 1.99. The minimum Gasteiger partial charge on any atom is -0.374 e. The number of methoxy groups -OCH3 is 1. The highest BCUT2D eigenvalue weighted by molar-refractivity contribution is 5.22. The molecule has 0 aromatic rings. The smallest absolute Gasteiger partial charge is 0.0907 e. The summed E-state index contributed by atoms with van der Waals surface area (Å²) in [5, 5.41) is 0. The maximum Gasteiger partial charge on any atom is 0.0907 e. The van der Waals surface area contributed by atoms with E-state index in [9.17, 15) is 0 Å². The molecule has 0 bridgehead atoms. The zero-order valence-electron chi connectivity index (χ0n) is 10.4. The fourth-order valence-corrected chi connectivity index (χ4v) is 1.50. The van der Waals surface area contributed by atoms with Crippen LogP contribution >= 0.6 is 0 Å². The van der Waals surface area contributed by atoms with E-state index in [4.69, 9.17) is 4.74 Å². The van der Waals surface area contributed by atoms with Crippen molar-refractivity contribution < 1.29 is 4.74 Å². The Kier molecular flexibility index (Phi) is 3.74. The van der Waals surface area contributed by atoms with Crippen molar-refractivity contribution in [3.8, 4) is 0 Å². The van der Waals surface area contributed by atoms with Gasteiger partial charge in [-0.3, -0.25) is 0 Å². The minimum atomic E-state index is -0.161. The molecule has 0 amide bonds. The predicted octanol–water partition coefficient (Wildman–Crippen LogP) is 3.79. The summed E-state index contributed by atoms with van der Waals surface area (Å²) in [5.74, 6) is 0. The minimum absolute atomic E-state index is 0.128. The van der Waals surface area contributed by atoms with Crippen molar-refractivity contribution in [1.29, 1.82) is 0 Å². The van der Waals surface area contributed by atoms with Crippen LogP contribution in [0.1, 0.15) is 48.5 Å². The van der Waals surface area contributed by atoms with Crippen molar-refractivity contribution >= 4 is 0 Å². The van der Waals surface area contributed by atoms with Gasteiger partial charge in [0.2, 0.25) is 0 Å². The second-order valence-corrected chi connectivity index (χ2v) is 5.11. The molecule has 0 aliphatic heterocycles. The van der Waals surface area contributed by atoms with E-state index in [0.29, 0.717) is 0 Å². The highest BCUT2D eigenvalue weighted by Crippen LogP contribution is 2.39. The average molecular weight is 184 g/mol. The largest absolute Gasteiger partial charge is 0.374 e. The SMILES string of the molecule is COC(C)(C(C)=C(C)C)C(C)(C)C. The number of ether oxygens (including phenoxy) is 1. The fourth-order valence-electron chi connectivity index (χ4n) is 1.50. The van der Waals surface area contributed by atoms with E-state index >= 15 is 0 Å². The van der Waals surface area contributed by atoms with Crippen LogP contribution in [0.5, 0.6) is 0 Å². The van der Waals surface area contributed by atoms with E-state index in [0.717, 1.165) is 0 Å². The van der Waals surface area contributed by atoms with Crippen LogP contribution < -0.4 is 0 Å². The Hall–Kier alpha value is -0.300. The molecule has 0 aromatic heterocycles. The van der Waals surface area contributed by atoms with Crippen molar-refractivity contribution in [3.05, 3.63) is 11.1 Å². The summed E-state index contributed by atoms with van der Waals surface area (Å²) in [4.78, 5) is 0. The Labute approximate surface area is 83.2 Å². The maximum absolute atomic E-state index is 5.67. The van der Waals surface area contributed by atoms with Gasteiger partial charge in [-0.25, -0.2) is 0 Å². The van der Waals surface area contributed by atoms with Crippen LogP contribution in [0, 0.1) is 5.41 Å². The third-order valence-corrected chi connectivity index (χ3v) is 3.31. The molecule has 13 heavy (non-hydrogen) atoms. The lowest BCUT2D eigenvalue weighted by Crippen LogP contribution is -2.43. The standard InChI is InChI=1S/C12H24O/c1-9(2)10(3)12(7,13-8)11(4,5)6/h1-8H3. The summed E-state index contributed by atoms with van der Waals surface area (Å²) in [6.45, 7) is 15.2. The number of hydrogen-bond acceptors (Lipinski definition) is 1. The molecule has 0 saturated heterocycles. The van der Waals surface area contributed by atoms with Crippen molar-refractivity contribution in [1.82, 2.24) is 0 Å². The van der Waals surface area contributed by atoms with Gasteiger partial charge in [-0.1, -0.05) is 26.3 Å². The summed E-state index contributed by atoms with van der Waals surface area (Å²) in [5.41, 5.74) is 2.65. The number of hydrogen-bond donors (Lipinski definition) is 0. The lowest BCUT2D eigenvalue weighted by atomic mass is 9.72. The molecular weight excluding hydrogens is 160 g/mol. The molecule has 78 valence electrons. The molecule has 0 aliphatic rings. The van der Waals surface area contributed by atoms with Crippen molar-refractivity contribution in [2.45, 2.75) is 54.1 Å². The quantitative estimate of drug-likeness (QED) is 0.593.